The summed E-state index contributed by atoms with van der Waals surface area (Å²) < 4.78 is 2.20. The van der Waals surface area contributed by atoms with E-state index in [9.17, 15) is 0 Å². The fourth-order valence-electron chi connectivity index (χ4n) is 1.38. The maximum Gasteiger partial charge on any atom is 0.203 e. The Hall–Kier alpha value is -0.990. The maximum absolute atomic E-state index is 4.31. The number of unbranched alkanes of at least 4 members (excludes halogenated alkanes) is 1. The van der Waals surface area contributed by atoms with Crippen molar-refractivity contribution in [2.75, 3.05) is 11.9 Å². The van der Waals surface area contributed by atoms with Crippen LogP contribution in [0.25, 0.3) is 0 Å². The van der Waals surface area contributed by atoms with Crippen LogP contribution in [0.3, 0.4) is 0 Å². The van der Waals surface area contributed by atoms with E-state index in [1.807, 2.05) is 12.4 Å². The average Bonchev–Trinajstić information content (AvgIpc) is 2.65. The van der Waals surface area contributed by atoms with E-state index in [2.05, 4.69) is 35.6 Å². The summed E-state index contributed by atoms with van der Waals surface area (Å²) in [7, 11) is 0. The standard InChI is InChI=1S/C11H21N3/c1-4-6-7-12-11-13-8-9-14(11)10(3)5-2/h8-10H,4-7H2,1-3H3,(H,12,13). The molecule has 1 rings (SSSR count). The first-order valence-electron chi connectivity index (χ1n) is 5.56. The second-order valence-electron chi connectivity index (χ2n) is 3.70. The fraction of sp³-hybridized carbons (Fsp3) is 0.727. The molecule has 0 amide bonds. The van der Waals surface area contributed by atoms with Gasteiger partial charge in [0.1, 0.15) is 0 Å². The predicted octanol–water partition coefficient (Wildman–Crippen LogP) is 3.07. The summed E-state index contributed by atoms with van der Waals surface area (Å²) >= 11 is 0. The first kappa shape index (κ1) is 11.1. The second-order valence-corrected chi connectivity index (χ2v) is 3.70. The third-order valence-corrected chi connectivity index (χ3v) is 2.55. The summed E-state index contributed by atoms with van der Waals surface area (Å²) in [5.41, 5.74) is 0. The summed E-state index contributed by atoms with van der Waals surface area (Å²) in [5.74, 6) is 1.01. The van der Waals surface area contributed by atoms with Crippen molar-refractivity contribution in [1.29, 1.82) is 0 Å². The van der Waals surface area contributed by atoms with Crippen molar-refractivity contribution in [1.82, 2.24) is 9.55 Å². The quantitative estimate of drug-likeness (QED) is 0.707. The highest BCUT2D eigenvalue weighted by molar-refractivity contribution is 5.26. The van der Waals surface area contributed by atoms with Crippen LogP contribution < -0.4 is 5.32 Å². The summed E-state index contributed by atoms with van der Waals surface area (Å²) in [6.45, 7) is 7.62. The largest absolute Gasteiger partial charge is 0.356 e. The zero-order valence-electron chi connectivity index (χ0n) is 9.45. The average molecular weight is 195 g/mol. The van der Waals surface area contributed by atoms with Crippen molar-refractivity contribution >= 4 is 5.95 Å². The number of hydrogen-bond donors (Lipinski definition) is 1. The number of imidazole rings is 1. The number of anilines is 1. The molecule has 1 unspecified atom stereocenters. The zero-order chi connectivity index (χ0) is 10.4. The van der Waals surface area contributed by atoms with E-state index < -0.39 is 0 Å². The molecule has 1 aromatic heterocycles. The lowest BCUT2D eigenvalue weighted by Gasteiger charge is -2.14. The Labute approximate surface area is 86.5 Å². The van der Waals surface area contributed by atoms with E-state index in [-0.39, 0.29) is 0 Å². The van der Waals surface area contributed by atoms with Crippen molar-refractivity contribution in [3.63, 3.8) is 0 Å². The van der Waals surface area contributed by atoms with E-state index in [0.29, 0.717) is 6.04 Å². The Morgan fingerprint density at radius 2 is 2.29 bits per heavy atom. The molecule has 14 heavy (non-hydrogen) atoms. The lowest BCUT2D eigenvalue weighted by atomic mass is 10.2. The van der Waals surface area contributed by atoms with Crippen LogP contribution in [-0.4, -0.2) is 16.1 Å². The third kappa shape index (κ3) is 2.76. The maximum atomic E-state index is 4.31. The number of rotatable bonds is 6. The molecule has 80 valence electrons. The molecule has 3 nitrogen and oxygen atoms in total. The zero-order valence-corrected chi connectivity index (χ0v) is 9.45. The topological polar surface area (TPSA) is 29.9 Å². The summed E-state index contributed by atoms with van der Waals surface area (Å²) in [6, 6.07) is 0.529. The van der Waals surface area contributed by atoms with Gasteiger partial charge in [-0.05, 0) is 19.8 Å². The molecular weight excluding hydrogens is 174 g/mol. The van der Waals surface area contributed by atoms with E-state index >= 15 is 0 Å². The number of aromatic nitrogens is 2. The Balaban J connectivity index is 2.53. The van der Waals surface area contributed by atoms with Gasteiger partial charge in [-0.25, -0.2) is 4.98 Å². The van der Waals surface area contributed by atoms with Gasteiger partial charge in [-0.15, -0.1) is 0 Å². The minimum absolute atomic E-state index is 0.529. The molecule has 1 atom stereocenters. The van der Waals surface area contributed by atoms with Crippen LogP contribution in [0.4, 0.5) is 5.95 Å². The molecule has 0 radical (unpaired) electrons. The molecule has 0 spiro atoms. The number of hydrogen-bond acceptors (Lipinski definition) is 2. The molecule has 0 aliphatic rings. The molecule has 1 aromatic rings. The van der Waals surface area contributed by atoms with Gasteiger partial charge in [0.25, 0.3) is 0 Å². The van der Waals surface area contributed by atoms with Crippen molar-refractivity contribution in [3.8, 4) is 0 Å². The summed E-state index contributed by atoms with van der Waals surface area (Å²) in [4.78, 5) is 4.31. The minimum atomic E-state index is 0.529. The predicted molar refractivity (Wildman–Crippen MR) is 60.6 cm³/mol. The lowest BCUT2D eigenvalue weighted by molar-refractivity contribution is 0.534. The molecule has 0 fully saturated rings. The molecule has 0 aliphatic carbocycles. The molecule has 0 aliphatic heterocycles. The van der Waals surface area contributed by atoms with Crippen LogP contribution in [-0.2, 0) is 0 Å². The van der Waals surface area contributed by atoms with Gasteiger partial charge in [0.2, 0.25) is 5.95 Å². The van der Waals surface area contributed by atoms with Crippen molar-refractivity contribution in [2.24, 2.45) is 0 Å². The number of nitrogens with one attached hydrogen (secondary N) is 1. The first-order chi connectivity index (χ1) is 6.79. The smallest absolute Gasteiger partial charge is 0.203 e. The van der Waals surface area contributed by atoms with Gasteiger partial charge in [-0.2, -0.15) is 0 Å². The molecule has 1 N–H and O–H groups in total. The molecular formula is C11H21N3. The van der Waals surface area contributed by atoms with Gasteiger partial charge in [-0.1, -0.05) is 20.3 Å². The van der Waals surface area contributed by atoms with Gasteiger partial charge >= 0.3 is 0 Å². The molecule has 1 heterocycles. The van der Waals surface area contributed by atoms with E-state index in [4.69, 9.17) is 0 Å². The molecule has 0 aromatic carbocycles. The minimum Gasteiger partial charge on any atom is -0.356 e. The third-order valence-electron chi connectivity index (χ3n) is 2.55. The van der Waals surface area contributed by atoms with Gasteiger partial charge in [0.05, 0.1) is 0 Å². The highest BCUT2D eigenvalue weighted by Gasteiger charge is 2.06. The van der Waals surface area contributed by atoms with Gasteiger partial charge in [-0.3, -0.25) is 0 Å². The van der Waals surface area contributed by atoms with Crippen LogP contribution in [0.15, 0.2) is 12.4 Å². The summed E-state index contributed by atoms with van der Waals surface area (Å²) in [5, 5.41) is 3.36. The molecule has 3 heteroatoms. The van der Waals surface area contributed by atoms with Crippen LogP contribution in [0.5, 0.6) is 0 Å². The first-order valence-corrected chi connectivity index (χ1v) is 5.56. The number of nitrogens with zero attached hydrogens (tertiary/aromatic N) is 2. The van der Waals surface area contributed by atoms with Crippen LogP contribution in [0, 0.1) is 0 Å². The Bertz CT molecular complexity index is 255. The van der Waals surface area contributed by atoms with Gasteiger partial charge in [0, 0.05) is 25.0 Å². The van der Waals surface area contributed by atoms with Gasteiger partial charge in [0.15, 0.2) is 0 Å². The highest BCUT2D eigenvalue weighted by Crippen LogP contribution is 2.15. The van der Waals surface area contributed by atoms with Crippen LogP contribution >= 0.6 is 0 Å². The summed E-state index contributed by atoms with van der Waals surface area (Å²) in [6.07, 6.45) is 7.46. The lowest BCUT2D eigenvalue weighted by Crippen LogP contribution is -2.11. The van der Waals surface area contributed by atoms with Gasteiger partial charge < -0.3 is 9.88 Å². The highest BCUT2D eigenvalue weighted by atomic mass is 15.2. The van der Waals surface area contributed by atoms with E-state index in [0.717, 1.165) is 18.9 Å². The molecule has 0 bridgehead atoms. The normalized spacial score (nSPS) is 12.8. The van der Waals surface area contributed by atoms with E-state index in [1.165, 1.54) is 12.8 Å². The SMILES string of the molecule is CCCCNc1nccn1C(C)CC. The van der Waals surface area contributed by atoms with Crippen molar-refractivity contribution in [3.05, 3.63) is 12.4 Å². The van der Waals surface area contributed by atoms with Crippen molar-refractivity contribution < 1.29 is 0 Å². The van der Waals surface area contributed by atoms with E-state index in [1.54, 1.807) is 0 Å². The fourth-order valence-corrected chi connectivity index (χ4v) is 1.38. The Kier molecular flexibility index (Phi) is 4.50. The Morgan fingerprint density at radius 3 is 2.93 bits per heavy atom. The Morgan fingerprint density at radius 1 is 1.50 bits per heavy atom. The monoisotopic (exact) mass is 195 g/mol. The second kappa shape index (κ2) is 5.68. The van der Waals surface area contributed by atoms with Crippen LogP contribution in [0.1, 0.15) is 46.1 Å². The molecule has 0 saturated carbocycles. The van der Waals surface area contributed by atoms with Crippen molar-refractivity contribution in [2.45, 2.75) is 46.1 Å². The molecule has 0 saturated heterocycles. The van der Waals surface area contributed by atoms with Crippen LogP contribution in [0.2, 0.25) is 0 Å².